The minimum absolute atomic E-state index is 0.438. The van der Waals surface area contributed by atoms with Gasteiger partial charge in [-0.25, -0.2) is 0 Å². The van der Waals surface area contributed by atoms with Crippen molar-refractivity contribution in [3.05, 3.63) is 183 Å². The standard InChI is InChI=1S/C43H39N/c1-28-21-25-41(32(5)30(28)3)44(42-26-22-29(2)31(4)33(42)6)36-23-24-38-37-19-13-14-20-39(37)43(40(38)27-36,34-15-9-7-10-16-34)35-17-11-8-12-18-35/h7-27H,1-6H3. The summed E-state index contributed by atoms with van der Waals surface area (Å²) in [7, 11) is 0. The molecule has 0 saturated carbocycles. The van der Waals surface area contributed by atoms with E-state index in [-0.39, 0.29) is 0 Å². The summed E-state index contributed by atoms with van der Waals surface area (Å²) in [6, 6.07) is 47.4. The molecular weight excluding hydrogens is 530 g/mol. The SMILES string of the molecule is Cc1ccc(N(c2ccc3c(c2)C(c2ccccc2)(c2ccccc2)c2ccccc2-3)c2ccc(C)c(C)c2C)c(C)c1C. The van der Waals surface area contributed by atoms with Gasteiger partial charge in [0.1, 0.15) is 0 Å². The van der Waals surface area contributed by atoms with Crippen LogP contribution in [0.4, 0.5) is 17.1 Å². The molecule has 0 bridgehead atoms. The summed E-state index contributed by atoms with van der Waals surface area (Å²) in [5.74, 6) is 0. The topological polar surface area (TPSA) is 3.24 Å². The summed E-state index contributed by atoms with van der Waals surface area (Å²) >= 11 is 0. The Balaban J connectivity index is 1.58. The number of fused-ring (bicyclic) bond motifs is 3. The van der Waals surface area contributed by atoms with E-state index in [9.17, 15) is 0 Å². The molecule has 44 heavy (non-hydrogen) atoms. The van der Waals surface area contributed by atoms with Crippen LogP contribution >= 0.6 is 0 Å². The van der Waals surface area contributed by atoms with E-state index >= 15 is 0 Å². The molecule has 0 N–H and O–H groups in total. The number of rotatable bonds is 5. The molecule has 1 aliphatic rings. The Morgan fingerprint density at radius 3 is 1.43 bits per heavy atom. The van der Waals surface area contributed by atoms with E-state index in [1.165, 1.54) is 83.8 Å². The Bertz CT molecular complexity index is 1920. The van der Waals surface area contributed by atoms with E-state index in [0.29, 0.717) is 0 Å². The van der Waals surface area contributed by atoms with Gasteiger partial charge in [0, 0.05) is 17.1 Å². The highest BCUT2D eigenvalue weighted by atomic mass is 15.1. The molecule has 0 heterocycles. The van der Waals surface area contributed by atoms with Crippen LogP contribution < -0.4 is 4.90 Å². The van der Waals surface area contributed by atoms with E-state index in [2.05, 4.69) is 174 Å². The second-order valence-electron chi connectivity index (χ2n) is 12.4. The van der Waals surface area contributed by atoms with Gasteiger partial charge < -0.3 is 4.90 Å². The van der Waals surface area contributed by atoms with Crippen molar-refractivity contribution >= 4 is 17.1 Å². The Hall–Kier alpha value is -4.88. The molecule has 1 heteroatoms. The normalized spacial score (nSPS) is 13.0. The van der Waals surface area contributed by atoms with Crippen LogP contribution in [0.15, 0.2) is 127 Å². The molecule has 0 aliphatic heterocycles. The lowest BCUT2D eigenvalue weighted by Crippen LogP contribution is -2.28. The number of benzene rings is 6. The third-order valence-corrected chi connectivity index (χ3v) is 10.2. The van der Waals surface area contributed by atoms with Crippen molar-refractivity contribution in [3.8, 4) is 11.1 Å². The summed E-state index contributed by atoms with van der Waals surface area (Å²) in [6.45, 7) is 13.4. The molecule has 216 valence electrons. The first-order chi connectivity index (χ1) is 21.3. The second kappa shape index (κ2) is 10.7. The molecule has 0 spiro atoms. The fourth-order valence-electron chi connectivity index (χ4n) is 7.35. The second-order valence-corrected chi connectivity index (χ2v) is 12.4. The van der Waals surface area contributed by atoms with Crippen molar-refractivity contribution in [2.75, 3.05) is 4.90 Å². The highest BCUT2D eigenvalue weighted by molar-refractivity contribution is 5.90. The highest BCUT2D eigenvalue weighted by Crippen LogP contribution is 2.57. The Morgan fingerprint density at radius 1 is 0.409 bits per heavy atom. The quantitative estimate of drug-likeness (QED) is 0.199. The van der Waals surface area contributed by atoms with Gasteiger partial charge >= 0.3 is 0 Å². The average molecular weight is 570 g/mol. The molecule has 7 rings (SSSR count). The van der Waals surface area contributed by atoms with Crippen molar-refractivity contribution < 1.29 is 0 Å². The van der Waals surface area contributed by atoms with E-state index < -0.39 is 5.41 Å². The van der Waals surface area contributed by atoms with Crippen LogP contribution in [0.3, 0.4) is 0 Å². The fraction of sp³-hybridized carbons (Fsp3) is 0.163. The lowest BCUT2D eigenvalue weighted by atomic mass is 9.67. The molecule has 0 amide bonds. The third kappa shape index (κ3) is 4.07. The van der Waals surface area contributed by atoms with E-state index in [1.54, 1.807) is 0 Å². The van der Waals surface area contributed by atoms with Gasteiger partial charge in [0.25, 0.3) is 0 Å². The Morgan fingerprint density at radius 2 is 0.886 bits per heavy atom. The predicted molar refractivity (Wildman–Crippen MR) is 187 cm³/mol. The van der Waals surface area contributed by atoms with Crippen molar-refractivity contribution in [2.24, 2.45) is 0 Å². The minimum atomic E-state index is -0.438. The molecule has 0 aromatic heterocycles. The fourth-order valence-corrected chi connectivity index (χ4v) is 7.35. The number of aryl methyl sites for hydroxylation is 2. The van der Waals surface area contributed by atoms with Gasteiger partial charge in [0.15, 0.2) is 0 Å². The molecule has 0 atom stereocenters. The van der Waals surface area contributed by atoms with Gasteiger partial charge in [-0.1, -0.05) is 103 Å². The van der Waals surface area contributed by atoms with Gasteiger partial charge in [-0.05, 0) is 133 Å². The van der Waals surface area contributed by atoms with Gasteiger partial charge in [-0.2, -0.15) is 0 Å². The predicted octanol–water partition coefficient (Wildman–Crippen LogP) is 11.4. The van der Waals surface area contributed by atoms with Crippen LogP contribution in [-0.4, -0.2) is 0 Å². The first-order valence-electron chi connectivity index (χ1n) is 15.6. The van der Waals surface area contributed by atoms with Crippen molar-refractivity contribution in [2.45, 2.75) is 47.0 Å². The maximum absolute atomic E-state index is 2.49. The highest BCUT2D eigenvalue weighted by Gasteiger charge is 2.46. The van der Waals surface area contributed by atoms with Gasteiger partial charge in [0.05, 0.1) is 5.41 Å². The summed E-state index contributed by atoms with van der Waals surface area (Å²) in [6.07, 6.45) is 0. The summed E-state index contributed by atoms with van der Waals surface area (Å²) in [5, 5.41) is 0. The molecule has 0 saturated heterocycles. The molecule has 1 nitrogen and oxygen atoms in total. The van der Waals surface area contributed by atoms with E-state index in [4.69, 9.17) is 0 Å². The zero-order valence-corrected chi connectivity index (χ0v) is 26.6. The van der Waals surface area contributed by atoms with Gasteiger partial charge in [-0.15, -0.1) is 0 Å². The lowest BCUT2D eigenvalue weighted by molar-refractivity contribution is 0.768. The first kappa shape index (κ1) is 27.9. The molecule has 0 radical (unpaired) electrons. The third-order valence-electron chi connectivity index (χ3n) is 10.2. The maximum atomic E-state index is 2.49. The summed E-state index contributed by atoms with van der Waals surface area (Å²) in [4.78, 5) is 2.49. The smallest absolute Gasteiger partial charge is 0.0714 e. The molecule has 0 unspecified atom stereocenters. The molecule has 6 aromatic rings. The van der Waals surface area contributed by atoms with Crippen molar-refractivity contribution in [1.29, 1.82) is 0 Å². The number of hydrogen-bond donors (Lipinski definition) is 0. The van der Waals surface area contributed by atoms with E-state index in [0.717, 1.165) is 0 Å². The van der Waals surface area contributed by atoms with E-state index in [1.807, 2.05) is 0 Å². The van der Waals surface area contributed by atoms with Crippen LogP contribution in [0.2, 0.25) is 0 Å². The zero-order valence-electron chi connectivity index (χ0n) is 26.6. The monoisotopic (exact) mass is 569 g/mol. The van der Waals surface area contributed by atoms with Gasteiger partial charge in [0.2, 0.25) is 0 Å². The minimum Gasteiger partial charge on any atom is -0.310 e. The average Bonchev–Trinajstić information content (AvgIpc) is 3.36. The zero-order chi connectivity index (χ0) is 30.6. The Labute approximate surface area is 262 Å². The van der Waals surface area contributed by atoms with Gasteiger partial charge in [-0.3, -0.25) is 0 Å². The van der Waals surface area contributed by atoms with Crippen molar-refractivity contribution in [1.82, 2.24) is 0 Å². The Kier molecular flexibility index (Phi) is 6.78. The van der Waals surface area contributed by atoms with Crippen molar-refractivity contribution in [3.63, 3.8) is 0 Å². The first-order valence-corrected chi connectivity index (χ1v) is 15.6. The molecule has 1 aliphatic carbocycles. The van der Waals surface area contributed by atoms with Crippen LogP contribution in [0.25, 0.3) is 11.1 Å². The molecule has 0 fully saturated rings. The maximum Gasteiger partial charge on any atom is 0.0714 e. The number of hydrogen-bond acceptors (Lipinski definition) is 1. The van der Waals surface area contributed by atoms with Crippen LogP contribution in [0.1, 0.15) is 55.6 Å². The van der Waals surface area contributed by atoms with Crippen LogP contribution in [-0.2, 0) is 5.41 Å². The molecular formula is C43H39N. The molecule has 6 aromatic carbocycles. The van der Waals surface area contributed by atoms with Crippen LogP contribution in [0.5, 0.6) is 0 Å². The number of anilines is 3. The lowest BCUT2D eigenvalue weighted by Gasteiger charge is -2.35. The summed E-state index contributed by atoms with van der Waals surface area (Å²) < 4.78 is 0. The van der Waals surface area contributed by atoms with Crippen LogP contribution in [0, 0.1) is 41.5 Å². The number of nitrogens with zero attached hydrogens (tertiary/aromatic N) is 1. The largest absolute Gasteiger partial charge is 0.310 e. The summed E-state index contributed by atoms with van der Waals surface area (Å²) in [5.41, 5.74) is 18.9.